The van der Waals surface area contributed by atoms with Crippen molar-refractivity contribution >= 4 is 23.2 Å². The van der Waals surface area contributed by atoms with E-state index in [0.29, 0.717) is 24.0 Å². The largest absolute Gasteiger partial charge is 0.489 e. The number of hydrogen-bond acceptors (Lipinski definition) is 5. The molecule has 1 N–H and O–H groups in total. The molecule has 0 saturated heterocycles. The summed E-state index contributed by atoms with van der Waals surface area (Å²) in [5.74, 6) is 0.964. The molecular formula is C25H24N4O2S. The summed E-state index contributed by atoms with van der Waals surface area (Å²) < 4.78 is 7.67. The second-order valence-electron chi connectivity index (χ2n) is 8.04. The first kappa shape index (κ1) is 20.5. The number of amides is 1. The number of benzene rings is 2. The minimum Gasteiger partial charge on any atom is -0.489 e. The lowest BCUT2D eigenvalue weighted by Gasteiger charge is -2.07. The van der Waals surface area contributed by atoms with Crippen LogP contribution in [0, 0.1) is 6.92 Å². The van der Waals surface area contributed by atoms with Gasteiger partial charge in [0.2, 0.25) is 5.95 Å². The Bertz CT molecular complexity index is 1260. The van der Waals surface area contributed by atoms with Gasteiger partial charge in [-0.2, -0.15) is 0 Å². The van der Waals surface area contributed by atoms with Gasteiger partial charge in [-0.25, -0.2) is 9.67 Å². The van der Waals surface area contributed by atoms with Gasteiger partial charge in [-0.3, -0.25) is 10.1 Å². The van der Waals surface area contributed by atoms with E-state index in [0.717, 1.165) is 24.2 Å². The summed E-state index contributed by atoms with van der Waals surface area (Å²) in [7, 11) is 0. The van der Waals surface area contributed by atoms with Crippen molar-refractivity contribution in [1.82, 2.24) is 14.8 Å². The van der Waals surface area contributed by atoms with Gasteiger partial charge in [0.25, 0.3) is 5.91 Å². The van der Waals surface area contributed by atoms with Gasteiger partial charge in [0, 0.05) is 5.56 Å². The molecule has 0 spiro atoms. The predicted molar refractivity (Wildman–Crippen MR) is 125 cm³/mol. The fourth-order valence-electron chi connectivity index (χ4n) is 3.93. The number of hydrogen-bond donors (Lipinski definition) is 1. The maximum absolute atomic E-state index is 12.6. The van der Waals surface area contributed by atoms with Crippen LogP contribution >= 0.6 is 11.3 Å². The summed E-state index contributed by atoms with van der Waals surface area (Å²) in [6.45, 7) is 3.11. The molecule has 0 fully saturated rings. The molecule has 0 saturated carbocycles. The Morgan fingerprint density at radius 2 is 2.03 bits per heavy atom. The summed E-state index contributed by atoms with van der Waals surface area (Å²) in [6, 6.07) is 16.3. The molecule has 0 aliphatic heterocycles. The Morgan fingerprint density at radius 1 is 1.16 bits per heavy atom. The number of nitrogens with one attached hydrogen (secondary N) is 1. The Hall–Kier alpha value is -3.45. The summed E-state index contributed by atoms with van der Waals surface area (Å²) in [6.07, 6.45) is 5.15. The summed E-state index contributed by atoms with van der Waals surface area (Å²) in [5.41, 5.74) is 6.16. The van der Waals surface area contributed by atoms with Crippen LogP contribution in [0.4, 0.5) is 5.95 Å². The molecule has 5 rings (SSSR count). The fraction of sp³-hybridized carbons (Fsp3) is 0.240. The summed E-state index contributed by atoms with van der Waals surface area (Å²) in [4.78, 5) is 17.4. The maximum Gasteiger partial charge on any atom is 0.268 e. The van der Waals surface area contributed by atoms with Crippen LogP contribution in [0.25, 0.3) is 0 Å². The zero-order valence-electron chi connectivity index (χ0n) is 17.9. The van der Waals surface area contributed by atoms with E-state index >= 15 is 0 Å². The molecule has 0 radical (unpaired) electrons. The normalized spacial score (nSPS) is 12.5. The van der Waals surface area contributed by atoms with E-state index in [1.165, 1.54) is 40.0 Å². The number of carbonyl (C=O) groups is 1. The summed E-state index contributed by atoms with van der Waals surface area (Å²) >= 11 is 1.39. The second kappa shape index (κ2) is 8.96. The zero-order valence-corrected chi connectivity index (χ0v) is 18.7. The number of fused-ring (bicyclic) bond motifs is 1. The van der Waals surface area contributed by atoms with Crippen molar-refractivity contribution in [3.63, 3.8) is 0 Å². The smallest absolute Gasteiger partial charge is 0.268 e. The van der Waals surface area contributed by atoms with Crippen molar-refractivity contribution in [3.8, 4) is 5.75 Å². The number of rotatable bonds is 7. The van der Waals surface area contributed by atoms with Crippen molar-refractivity contribution in [2.75, 3.05) is 5.32 Å². The molecule has 0 unspecified atom stereocenters. The number of ether oxygens (including phenoxy) is 1. The van der Waals surface area contributed by atoms with Crippen LogP contribution in [0.2, 0.25) is 0 Å². The van der Waals surface area contributed by atoms with Crippen LogP contribution < -0.4 is 10.1 Å². The van der Waals surface area contributed by atoms with Gasteiger partial charge in [-0.1, -0.05) is 30.3 Å². The molecule has 4 aromatic rings. The fourth-order valence-corrected chi connectivity index (χ4v) is 4.72. The molecule has 2 aromatic carbocycles. The highest BCUT2D eigenvalue weighted by atomic mass is 32.1. The minimum atomic E-state index is -0.215. The molecule has 1 amide bonds. The predicted octanol–water partition coefficient (Wildman–Crippen LogP) is 5.02. The van der Waals surface area contributed by atoms with Crippen LogP contribution in [0.1, 0.15) is 43.9 Å². The number of thiophene rings is 1. The second-order valence-corrected chi connectivity index (χ2v) is 8.95. The quantitative estimate of drug-likeness (QED) is 0.435. The SMILES string of the molecule is Cc1ccccc1Cn1cnc(NC(=O)c2cc(COc3ccc4c(c3)CCC4)cs2)n1. The third-order valence-corrected chi connectivity index (χ3v) is 6.69. The molecule has 7 heteroatoms. The molecule has 32 heavy (non-hydrogen) atoms. The third kappa shape index (κ3) is 4.57. The molecule has 0 bridgehead atoms. The number of anilines is 1. The van der Waals surface area contributed by atoms with E-state index in [4.69, 9.17) is 4.74 Å². The van der Waals surface area contributed by atoms with Crippen LogP contribution in [0.3, 0.4) is 0 Å². The van der Waals surface area contributed by atoms with Gasteiger partial charge in [-0.05, 0) is 72.0 Å². The highest BCUT2D eigenvalue weighted by Crippen LogP contribution is 2.27. The number of aryl methyl sites for hydroxylation is 3. The molecule has 2 heterocycles. The molecule has 162 valence electrons. The lowest BCUT2D eigenvalue weighted by Crippen LogP contribution is -2.12. The first-order chi connectivity index (χ1) is 15.6. The van der Waals surface area contributed by atoms with Gasteiger partial charge in [0.15, 0.2) is 0 Å². The number of nitrogens with zero attached hydrogens (tertiary/aromatic N) is 3. The van der Waals surface area contributed by atoms with Crippen LogP contribution in [-0.4, -0.2) is 20.7 Å². The molecule has 2 aromatic heterocycles. The van der Waals surface area contributed by atoms with Crippen molar-refractivity contribution in [3.05, 3.63) is 92.9 Å². The zero-order chi connectivity index (χ0) is 21.9. The Labute approximate surface area is 190 Å². The van der Waals surface area contributed by atoms with Gasteiger partial charge >= 0.3 is 0 Å². The molecule has 1 aliphatic carbocycles. The number of aromatic nitrogens is 3. The Kier molecular flexibility index (Phi) is 5.73. The van der Waals surface area contributed by atoms with Crippen LogP contribution in [0.15, 0.2) is 60.2 Å². The van der Waals surface area contributed by atoms with E-state index in [1.807, 2.05) is 29.6 Å². The molecule has 0 atom stereocenters. The molecular weight excluding hydrogens is 420 g/mol. The van der Waals surface area contributed by atoms with E-state index in [1.54, 1.807) is 11.0 Å². The van der Waals surface area contributed by atoms with Crippen molar-refractivity contribution < 1.29 is 9.53 Å². The summed E-state index contributed by atoms with van der Waals surface area (Å²) in [5, 5.41) is 9.11. The standard InChI is InChI=1S/C25H24N4O2S/c1-17-5-2-3-6-21(17)13-29-16-26-25(28-29)27-24(30)23-11-18(15-32-23)14-31-22-10-9-19-7-4-8-20(19)12-22/h2-3,5-6,9-12,15-16H,4,7-8,13-14H2,1H3,(H,27,28,30). The van der Waals surface area contributed by atoms with Gasteiger partial charge in [0.1, 0.15) is 18.7 Å². The van der Waals surface area contributed by atoms with Gasteiger partial charge in [-0.15, -0.1) is 16.4 Å². The Morgan fingerprint density at radius 3 is 2.94 bits per heavy atom. The topological polar surface area (TPSA) is 69.0 Å². The average molecular weight is 445 g/mol. The van der Waals surface area contributed by atoms with Crippen LogP contribution in [-0.2, 0) is 26.0 Å². The van der Waals surface area contributed by atoms with Crippen molar-refractivity contribution in [2.24, 2.45) is 0 Å². The lowest BCUT2D eigenvalue weighted by atomic mass is 10.1. The average Bonchev–Trinajstić information content (AvgIpc) is 3.54. The monoisotopic (exact) mass is 444 g/mol. The third-order valence-electron chi connectivity index (χ3n) is 5.71. The van der Waals surface area contributed by atoms with E-state index < -0.39 is 0 Å². The lowest BCUT2D eigenvalue weighted by molar-refractivity contribution is 0.102. The minimum absolute atomic E-state index is 0.215. The first-order valence-electron chi connectivity index (χ1n) is 10.7. The van der Waals surface area contributed by atoms with E-state index in [-0.39, 0.29) is 5.91 Å². The van der Waals surface area contributed by atoms with E-state index in [9.17, 15) is 4.79 Å². The molecule has 1 aliphatic rings. The van der Waals surface area contributed by atoms with Crippen molar-refractivity contribution in [1.29, 1.82) is 0 Å². The van der Waals surface area contributed by atoms with E-state index in [2.05, 4.69) is 46.6 Å². The highest BCUT2D eigenvalue weighted by molar-refractivity contribution is 7.12. The molecule has 6 nitrogen and oxygen atoms in total. The Balaban J connectivity index is 1.17. The van der Waals surface area contributed by atoms with Gasteiger partial charge < -0.3 is 4.74 Å². The number of carbonyl (C=O) groups excluding carboxylic acids is 1. The van der Waals surface area contributed by atoms with Crippen molar-refractivity contribution in [2.45, 2.75) is 39.3 Å². The highest BCUT2D eigenvalue weighted by Gasteiger charge is 2.14. The maximum atomic E-state index is 12.6. The van der Waals surface area contributed by atoms with Crippen LogP contribution in [0.5, 0.6) is 5.75 Å². The van der Waals surface area contributed by atoms with Gasteiger partial charge in [0.05, 0.1) is 11.4 Å². The first-order valence-corrected chi connectivity index (χ1v) is 11.6.